The molecule has 0 fully saturated rings. The molecule has 1 aromatic heterocycles. The summed E-state index contributed by atoms with van der Waals surface area (Å²) in [7, 11) is 0. The van der Waals surface area contributed by atoms with Crippen molar-refractivity contribution >= 4 is 5.69 Å². The Balaban J connectivity index is 2.65. The average molecular weight is 276 g/mol. The van der Waals surface area contributed by atoms with Gasteiger partial charge in [-0.2, -0.15) is 0 Å². The molecule has 0 aliphatic carbocycles. The third kappa shape index (κ3) is 2.39. The van der Waals surface area contributed by atoms with Crippen molar-refractivity contribution in [1.82, 2.24) is 14.8 Å². The summed E-state index contributed by atoms with van der Waals surface area (Å²) in [6.45, 7) is 5.52. The molecule has 7 nitrogen and oxygen atoms in total. The molecule has 0 bridgehead atoms. The van der Waals surface area contributed by atoms with E-state index in [1.54, 1.807) is 10.6 Å². The van der Waals surface area contributed by atoms with E-state index in [9.17, 15) is 15.2 Å². The van der Waals surface area contributed by atoms with Gasteiger partial charge >= 0.3 is 0 Å². The summed E-state index contributed by atoms with van der Waals surface area (Å²) in [5.41, 5.74) is 1.53. The van der Waals surface area contributed by atoms with E-state index in [2.05, 4.69) is 10.2 Å². The number of hydrogen-bond donors (Lipinski definition) is 1. The largest absolute Gasteiger partial charge is 0.388 e. The lowest BCUT2D eigenvalue weighted by Gasteiger charge is -2.14. The maximum atomic E-state index is 10.9. The zero-order valence-corrected chi connectivity index (χ0v) is 11.6. The van der Waals surface area contributed by atoms with Gasteiger partial charge in [0.1, 0.15) is 6.61 Å². The highest BCUT2D eigenvalue weighted by atomic mass is 16.6. The summed E-state index contributed by atoms with van der Waals surface area (Å²) in [5.74, 6) is 0.978. The maximum absolute atomic E-state index is 10.9. The van der Waals surface area contributed by atoms with Crippen molar-refractivity contribution < 1.29 is 10.0 Å². The van der Waals surface area contributed by atoms with E-state index in [0.717, 1.165) is 5.56 Å². The van der Waals surface area contributed by atoms with Crippen LogP contribution in [0.5, 0.6) is 0 Å². The minimum Gasteiger partial charge on any atom is -0.388 e. The van der Waals surface area contributed by atoms with Crippen LogP contribution in [-0.2, 0) is 6.61 Å². The van der Waals surface area contributed by atoms with E-state index in [0.29, 0.717) is 17.2 Å². The number of nitro benzene ring substituents is 1. The normalized spacial score (nSPS) is 11.1. The Morgan fingerprint density at radius 3 is 2.65 bits per heavy atom. The Bertz CT molecular complexity index is 649. The van der Waals surface area contributed by atoms with Crippen molar-refractivity contribution in [2.75, 3.05) is 0 Å². The molecule has 0 spiro atoms. The Hall–Kier alpha value is -2.28. The molecule has 106 valence electrons. The van der Waals surface area contributed by atoms with Gasteiger partial charge < -0.3 is 9.67 Å². The first-order valence-corrected chi connectivity index (χ1v) is 6.25. The predicted molar refractivity (Wildman–Crippen MR) is 73.2 cm³/mol. The third-order valence-electron chi connectivity index (χ3n) is 3.10. The molecule has 0 radical (unpaired) electrons. The number of rotatable bonds is 4. The summed E-state index contributed by atoms with van der Waals surface area (Å²) in [6.07, 6.45) is 0. The van der Waals surface area contributed by atoms with E-state index >= 15 is 0 Å². The first kappa shape index (κ1) is 14.1. The monoisotopic (exact) mass is 276 g/mol. The first-order valence-electron chi connectivity index (χ1n) is 6.25. The molecule has 0 aliphatic rings. The van der Waals surface area contributed by atoms with Crippen LogP contribution in [0.1, 0.15) is 31.3 Å². The number of nitro groups is 1. The molecule has 1 aromatic carbocycles. The summed E-state index contributed by atoms with van der Waals surface area (Å²) < 4.78 is 1.78. The zero-order valence-electron chi connectivity index (χ0n) is 11.6. The number of nitrogens with zero attached hydrogens (tertiary/aromatic N) is 4. The summed E-state index contributed by atoms with van der Waals surface area (Å²) >= 11 is 0. The van der Waals surface area contributed by atoms with E-state index < -0.39 is 4.92 Å². The van der Waals surface area contributed by atoms with Gasteiger partial charge in [0, 0.05) is 23.7 Å². The molecule has 0 atom stereocenters. The number of aromatic nitrogens is 3. The number of benzene rings is 1. The maximum Gasteiger partial charge on any atom is 0.270 e. The number of aliphatic hydroxyl groups excluding tert-OH is 1. The van der Waals surface area contributed by atoms with Crippen LogP contribution in [0, 0.1) is 17.0 Å². The molecule has 0 unspecified atom stereocenters. The standard InChI is InChI=1S/C13H16N4O3/c1-8(2)16-12(7-18)14-15-13(16)11-6-10(17(19)20)5-4-9(11)3/h4-6,8,18H,7H2,1-3H3. The number of hydrogen-bond acceptors (Lipinski definition) is 5. The van der Waals surface area contributed by atoms with Gasteiger partial charge in [0.15, 0.2) is 11.6 Å². The van der Waals surface area contributed by atoms with Gasteiger partial charge in [-0.3, -0.25) is 10.1 Å². The van der Waals surface area contributed by atoms with Crippen LogP contribution in [0.3, 0.4) is 0 Å². The number of aliphatic hydroxyl groups is 1. The Labute approximate surface area is 116 Å². The summed E-state index contributed by atoms with van der Waals surface area (Å²) in [4.78, 5) is 10.5. The smallest absolute Gasteiger partial charge is 0.270 e. The van der Waals surface area contributed by atoms with Gasteiger partial charge in [-0.15, -0.1) is 10.2 Å². The molecule has 20 heavy (non-hydrogen) atoms. The van der Waals surface area contributed by atoms with Crippen molar-refractivity contribution in [3.8, 4) is 11.4 Å². The molecule has 0 amide bonds. The van der Waals surface area contributed by atoms with Crippen molar-refractivity contribution in [1.29, 1.82) is 0 Å². The highest BCUT2D eigenvalue weighted by molar-refractivity contribution is 5.64. The van der Waals surface area contributed by atoms with E-state index in [-0.39, 0.29) is 18.3 Å². The van der Waals surface area contributed by atoms with Gasteiger partial charge in [0.25, 0.3) is 5.69 Å². The topological polar surface area (TPSA) is 94.1 Å². The highest BCUT2D eigenvalue weighted by Gasteiger charge is 2.19. The summed E-state index contributed by atoms with van der Waals surface area (Å²) in [5, 5.41) is 28.2. The highest BCUT2D eigenvalue weighted by Crippen LogP contribution is 2.28. The Morgan fingerprint density at radius 1 is 1.40 bits per heavy atom. The van der Waals surface area contributed by atoms with Gasteiger partial charge in [-0.25, -0.2) is 0 Å². The van der Waals surface area contributed by atoms with Crippen LogP contribution in [0.4, 0.5) is 5.69 Å². The Kier molecular flexibility index (Phi) is 3.80. The lowest BCUT2D eigenvalue weighted by Crippen LogP contribution is -2.08. The Morgan fingerprint density at radius 2 is 2.10 bits per heavy atom. The number of non-ortho nitro benzene ring substituents is 1. The molecular formula is C13H16N4O3. The van der Waals surface area contributed by atoms with Crippen LogP contribution in [0.25, 0.3) is 11.4 Å². The van der Waals surface area contributed by atoms with E-state index in [1.165, 1.54) is 12.1 Å². The van der Waals surface area contributed by atoms with E-state index in [1.807, 2.05) is 20.8 Å². The van der Waals surface area contributed by atoms with Crippen molar-refractivity contribution in [2.24, 2.45) is 0 Å². The second-order valence-corrected chi connectivity index (χ2v) is 4.82. The molecule has 0 saturated carbocycles. The minimum absolute atomic E-state index is 0.00875. The third-order valence-corrected chi connectivity index (χ3v) is 3.10. The molecule has 1 heterocycles. The van der Waals surface area contributed by atoms with Crippen LogP contribution in [0.2, 0.25) is 0 Å². The fourth-order valence-electron chi connectivity index (χ4n) is 2.12. The van der Waals surface area contributed by atoms with Crippen molar-refractivity contribution in [3.63, 3.8) is 0 Å². The molecule has 0 aliphatic heterocycles. The van der Waals surface area contributed by atoms with Gasteiger partial charge in [0.2, 0.25) is 0 Å². The lowest BCUT2D eigenvalue weighted by atomic mass is 10.1. The second kappa shape index (κ2) is 5.38. The molecule has 2 aromatic rings. The predicted octanol–water partition coefficient (Wildman–Crippen LogP) is 2.23. The van der Waals surface area contributed by atoms with Gasteiger partial charge in [-0.1, -0.05) is 6.07 Å². The lowest BCUT2D eigenvalue weighted by molar-refractivity contribution is -0.384. The van der Waals surface area contributed by atoms with Crippen LogP contribution < -0.4 is 0 Å². The molecule has 2 rings (SSSR count). The minimum atomic E-state index is -0.439. The fourth-order valence-corrected chi connectivity index (χ4v) is 2.12. The van der Waals surface area contributed by atoms with Crippen molar-refractivity contribution in [3.05, 3.63) is 39.7 Å². The molecule has 7 heteroatoms. The molecule has 1 N–H and O–H groups in total. The second-order valence-electron chi connectivity index (χ2n) is 4.82. The van der Waals surface area contributed by atoms with Crippen molar-refractivity contribution in [2.45, 2.75) is 33.4 Å². The molecular weight excluding hydrogens is 260 g/mol. The summed E-state index contributed by atoms with van der Waals surface area (Å²) in [6, 6.07) is 4.67. The molecule has 0 saturated heterocycles. The van der Waals surface area contributed by atoms with Crippen LogP contribution in [0.15, 0.2) is 18.2 Å². The van der Waals surface area contributed by atoms with Crippen LogP contribution >= 0.6 is 0 Å². The fraction of sp³-hybridized carbons (Fsp3) is 0.385. The number of aryl methyl sites for hydroxylation is 1. The first-order chi connectivity index (χ1) is 9.45. The van der Waals surface area contributed by atoms with Gasteiger partial charge in [-0.05, 0) is 26.3 Å². The van der Waals surface area contributed by atoms with E-state index in [4.69, 9.17) is 0 Å². The zero-order chi connectivity index (χ0) is 14.9. The average Bonchev–Trinajstić information content (AvgIpc) is 2.82. The van der Waals surface area contributed by atoms with Crippen LogP contribution in [-0.4, -0.2) is 24.8 Å². The quantitative estimate of drug-likeness (QED) is 0.682. The SMILES string of the molecule is Cc1ccc([N+](=O)[O-])cc1-c1nnc(CO)n1C(C)C. The van der Waals surface area contributed by atoms with Gasteiger partial charge in [0.05, 0.1) is 4.92 Å².